The van der Waals surface area contributed by atoms with Gasteiger partial charge in [0.25, 0.3) is 0 Å². The third-order valence-electron chi connectivity index (χ3n) is 3.97. The van der Waals surface area contributed by atoms with Crippen molar-refractivity contribution in [2.75, 3.05) is 0 Å². The predicted octanol–water partition coefficient (Wildman–Crippen LogP) is 6.41. The zero-order valence-electron chi connectivity index (χ0n) is 14.2. The van der Waals surface area contributed by atoms with E-state index >= 15 is 0 Å². The number of benzene rings is 2. The minimum atomic E-state index is -0.852. The number of hydrogen-bond acceptors (Lipinski definition) is 3. The van der Waals surface area contributed by atoms with Gasteiger partial charge in [-0.05, 0) is 80.1 Å². The summed E-state index contributed by atoms with van der Waals surface area (Å²) in [5, 5.41) is 19.3. The van der Waals surface area contributed by atoms with Crippen LogP contribution in [0.1, 0.15) is 50.2 Å². The van der Waals surface area contributed by atoms with E-state index in [1.807, 2.05) is 20.8 Å². The van der Waals surface area contributed by atoms with E-state index < -0.39 is 11.9 Å². The number of rotatable bonds is 6. The van der Waals surface area contributed by atoms with Crippen LogP contribution in [0, 0.1) is 0 Å². The number of aromatic hydroxyl groups is 1. The molecule has 0 saturated heterocycles. The van der Waals surface area contributed by atoms with Crippen LogP contribution in [0.4, 0.5) is 0 Å². The highest BCUT2D eigenvalue weighted by Gasteiger charge is 2.21. The van der Waals surface area contributed by atoms with Crippen molar-refractivity contribution in [2.24, 2.45) is 0 Å². The van der Waals surface area contributed by atoms with Crippen LogP contribution in [0.5, 0.6) is 17.2 Å². The van der Waals surface area contributed by atoms with E-state index in [2.05, 4.69) is 31.9 Å². The Labute approximate surface area is 164 Å². The molecule has 0 aliphatic carbocycles. The van der Waals surface area contributed by atoms with Gasteiger partial charge in [-0.2, -0.15) is 0 Å². The average molecular weight is 472 g/mol. The average Bonchev–Trinajstić information content (AvgIpc) is 2.52. The largest absolute Gasteiger partial charge is 0.508 e. The lowest BCUT2D eigenvalue weighted by Crippen LogP contribution is -2.10. The van der Waals surface area contributed by atoms with Crippen LogP contribution in [0.2, 0.25) is 0 Å². The van der Waals surface area contributed by atoms with Crippen molar-refractivity contribution in [3.63, 3.8) is 0 Å². The first-order chi connectivity index (χ1) is 11.7. The van der Waals surface area contributed by atoms with Gasteiger partial charge in [0.2, 0.25) is 0 Å². The van der Waals surface area contributed by atoms with Crippen molar-refractivity contribution in [3.8, 4) is 17.2 Å². The minimum absolute atomic E-state index is 0.165. The summed E-state index contributed by atoms with van der Waals surface area (Å²) in [7, 11) is 0. The number of hydrogen-bond donors (Lipinski definition) is 2. The number of phenolic OH excluding ortho intramolecular Hbond substituents is 1. The molecular formula is C19H20Br2O4. The molecule has 0 bridgehead atoms. The van der Waals surface area contributed by atoms with Crippen LogP contribution in [-0.4, -0.2) is 16.2 Å². The van der Waals surface area contributed by atoms with Gasteiger partial charge in [-0.15, -0.1) is 0 Å². The van der Waals surface area contributed by atoms with Crippen molar-refractivity contribution in [1.29, 1.82) is 0 Å². The first kappa shape index (κ1) is 19.8. The zero-order chi connectivity index (χ0) is 18.7. The van der Waals surface area contributed by atoms with Crippen molar-refractivity contribution in [2.45, 2.75) is 39.0 Å². The Bertz CT molecular complexity index is 764. The molecule has 0 aliphatic heterocycles. The second kappa shape index (κ2) is 8.23. The fraction of sp³-hybridized carbons (Fsp3) is 0.316. The maximum absolute atomic E-state index is 11.4. The summed E-state index contributed by atoms with van der Waals surface area (Å²) in [6.45, 7) is 5.83. The Morgan fingerprint density at radius 1 is 1.16 bits per heavy atom. The maximum Gasteiger partial charge on any atom is 0.310 e. The highest BCUT2D eigenvalue weighted by Crippen LogP contribution is 2.41. The molecule has 0 amide bonds. The number of ether oxygens (including phenoxy) is 1. The van der Waals surface area contributed by atoms with Crippen LogP contribution in [0.3, 0.4) is 0 Å². The van der Waals surface area contributed by atoms with Crippen molar-refractivity contribution in [3.05, 3.63) is 50.4 Å². The van der Waals surface area contributed by atoms with Gasteiger partial charge in [-0.25, -0.2) is 0 Å². The summed E-state index contributed by atoms with van der Waals surface area (Å²) < 4.78 is 7.29. The number of carboxylic acids is 1. The molecule has 1 atom stereocenters. The Morgan fingerprint density at radius 2 is 1.76 bits per heavy atom. The highest BCUT2D eigenvalue weighted by atomic mass is 79.9. The van der Waals surface area contributed by atoms with E-state index in [9.17, 15) is 15.0 Å². The van der Waals surface area contributed by atoms with Gasteiger partial charge in [0.15, 0.2) is 5.75 Å². The minimum Gasteiger partial charge on any atom is -0.508 e. The molecule has 0 heterocycles. The van der Waals surface area contributed by atoms with E-state index in [0.29, 0.717) is 32.4 Å². The van der Waals surface area contributed by atoms with Gasteiger partial charge in [0, 0.05) is 5.56 Å². The maximum atomic E-state index is 11.4. The quantitative estimate of drug-likeness (QED) is 0.510. The first-order valence-electron chi connectivity index (χ1n) is 7.97. The van der Waals surface area contributed by atoms with Gasteiger partial charge in [0.1, 0.15) is 11.5 Å². The summed E-state index contributed by atoms with van der Waals surface area (Å²) in [6, 6.07) is 8.65. The Kier molecular flexibility index (Phi) is 6.52. The van der Waals surface area contributed by atoms with Crippen molar-refractivity contribution >= 4 is 37.8 Å². The van der Waals surface area contributed by atoms with Crippen LogP contribution in [0.15, 0.2) is 39.3 Å². The molecule has 2 aromatic rings. The van der Waals surface area contributed by atoms with Crippen LogP contribution in [-0.2, 0) is 4.79 Å². The monoisotopic (exact) mass is 470 g/mol. The number of aliphatic carboxylic acids is 1. The molecular weight excluding hydrogens is 452 g/mol. The molecule has 0 aromatic heterocycles. The molecule has 6 heteroatoms. The molecule has 2 aromatic carbocycles. The molecule has 0 aliphatic rings. The molecule has 134 valence electrons. The topological polar surface area (TPSA) is 66.8 Å². The Morgan fingerprint density at radius 3 is 2.24 bits per heavy atom. The van der Waals surface area contributed by atoms with Crippen LogP contribution >= 0.6 is 31.9 Å². The molecule has 2 rings (SSSR count). The smallest absolute Gasteiger partial charge is 0.310 e. The lowest BCUT2D eigenvalue weighted by Gasteiger charge is -2.16. The summed E-state index contributed by atoms with van der Waals surface area (Å²) >= 11 is 6.93. The van der Waals surface area contributed by atoms with E-state index in [1.165, 1.54) is 0 Å². The summed E-state index contributed by atoms with van der Waals surface area (Å²) in [4.78, 5) is 11.4. The molecule has 25 heavy (non-hydrogen) atoms. The van der Waals surface area contributed by atoms with E-state index in [4.69, 9.17) is 4.74 Å². The predicted molar refractivity (Wildman–Crippen MR) is 105 cm³/mol. The second-order valence-corrected chi connectivity index (χ2v) is 7.80. The van der Waals surface area contributed by atoms with E-state index in [-0.39, 0.29) is 11.7 Å². The van der Waals surface area contributed by atoms with Gasteiger partial charge in [-0.1, -0.05) is 20.8 Å². The number of phenols is 1. The molecule has 1 unspecified atom stereocenters. The second-order valence-electron chi connectivity index (χ2n) is 6.09. The molecule has 0 spiro atoms. The van der Waals surface area contributed by atoms with E-state index in [1.54, 1.807) is 30.3 Å². The van der Waals surface area contributed by atoms with Crippen LogP contribution in [0.25, 0.3) is 0 Å². The number of carboxylic acid groups (broad SMARTS) is 1. The number of carbonyl (C=O) groups is 1. The van der Waals surface area contributed by atoms with Crippen molar-refractivity contribution in [1.82, 2.24) is 0 Å². The number of halogens is 2. The Hall–Kier alpha value is -1.53. The normalized spacial score (nSPS) is 12.2. The fourth-order valence-electron chi connectivity index (χ4n) is 2.61. The third kappa shape index (κ3) is 4.55. The van der Waals surface area contributed by atoms with Crippen molar-refractivity contribution < 1.29 is 19.7 Å². The zero-order valence-corrected chi connectivity index (χ0v) is 17.4. The first-order valence-corrected chi connectivity index (χ1v) is 9.55. The van der Waals surface area contributed by atoms with Crippen LogP contribution < -0.4 is 4.74 Å². The lowest BCUT2D eigenvalue weighted by atomic mass is 9.97. The van der Waals surface area contributed by atoms with Gasteiger partial charge < -0.3 is 14.9 Å². The standard InChI is InChI=1S/C19H20Br2O4/c1-4-13(19(23)24)11-7-15(20)18(16(21)8-11)25-12-5-6-17(22)14(9-12)10(2)3/h5-10,13,22H,4H2,1-3H3,(H,23,24). The summed E-state index contributed by atoms with van der Waals surface area (Å²) in [5.74, 6) is 0.144. The van der Waals surface area contributed by atoms with Gasteiger partial charge in [-0.3, -0.25) is 4.79 Å². The molecule has 4 nitrogen and oxygen atoms in total. The third-order valence-corrected chi connectivity index (χ3v) is 5.15. The highest BCUT2D eigenvalue weighted by molar-refractivity contribution is 9.11. The molecule has 0 saturated carbocycles. The van der Waals surface area contributed by atoms with Gasteiger partial charge >= 0.3 is 5.97 Å². The molecule has 0 fully saturated rings. The fourth-order valence-corrected chi connectivity index (χ4v) is 3.99. The Balaban J connectivity index is 2.38. The SMILES string of the molecule is CCC(C(=O)O)c1cc(Br)c(Oc2ccc(O)c(C(C)C)c2)c(Br)c1. The molecule has 2 N–H and O–H groups in total. The summed E-state index contributed by atoms with van der Waals surface area (Å²) in [6.07, 6.45) is 0.504. The summed E-state index contributed by atoms with van der Waals surface area (Å²) in [5.41, 5.74) is 1.51. The van der Waals surface area contributed by atoms with E-state index in [0.717, 1.165) is 5.56 Å². The van der Waals surface area contributed by atoms with Gasteiger partial charge in [0.05, 0.1) is 14.9 Å². The lowest BCUT2D eigenvalue weighted by molar-refractivity contribution is -0.138. The molecule has 0 radical (unpaired) electrons.